The third-order valence-electron chi connectivity index (χ3n) is 6.80. The summed E-state index contributed by atoms with van der Waals surface area (Å²) in [5, 5.41) is 0. The first-order chi connectivity index (χ1) is 17.3. The summed E-state index contributed by atoms with van der Waals surface area (Å²) < 4.78 is 27.4. The first kappa shape index (κ1) is 28.7. The summed E-state index contributed by atoms with van der Waals surface area (Å²) in [5.41, 5.74) is 4.88. The molecule has 7 nitrogen and oxygen atoms in total. The van der Waals surface area contributed by atoms with Crippen LogP contribution in [0, 0.1) is 5.41 Å². The number of allylic oxidation sites excluding steroid dienone is 9. The molecule has 1 aliphatic carbocycles. The van der Waals surface area contributed by atoms with Crippen molar-refractivity contribution in [3.05, 3.63) is 70.3 Å². The molecule has 3 aliphatic rings. The Morgan fingerprint density at radius 1 is 1.11 bits per heavy atom. The summed E-state index contributed by atoms with van der Waals surface area (Å²) in [7, 11) is 1.32. The fourth-order valence-electron chi connectivity index (χ4n) is 4.85. The van der Waals surface area contributed by atoms with E-state index < -0.39 is 29.9 Å². The zero-order valence-corrected chi connectivity index (χ0v) is 23.3. The number of carbonyl (C=O) groups excluding carboxylic acids is 2. The molecule has 0 radical (unpaired) electrons. The van der Waals surface area contributed by atoms with Gasteiger partial charge < -0.3 is 23.7 Å². The fraction of sp³-hybridized carbons (Fsp3) is 0.533. The van der Waals surface area contributed by atoms with Crippen LogP contribution in [-0.4, -0.2) is 43.7 Å². The number of hydrogen-bond donors (Lipinski definition) is 0. The maximum atomic E-state index is 12.6. The van der Waals surface area contributed by atoms with Crippen molar-refractivity contribution in [1.82, 2.24) is 0 Å². The predicted octanol–water partition coefficient (Wildman–Crippen LogP) is 6.00. The van der Waals surface area contributed by atoms with Crippen LogP contribution in [0.25, 0.3) is 0 Å². The lowest BCUT2D eigenvalue weighted by molar-refractivity contribution is -0.164. The van der Waals surface area contributed by atoms with Crippen LogP contribution in [-0.2, 0) is 33.3 Å². The molecule has 0 unspecified atom stereocenters. The van der Waals surface area contributed by atoms with E-state index in [0.29, 0.717) is 5.57 Å². The summed E-state index contributed by atoms with van der Waals surface area (Å²) in [6.07, 6.45) is 13.5. The van der Waals surface area contributed by atoms with E-state index in [9.17, 15) is 9.59 Å². The van der Waals surface area contributed by atoms with Gasteiger partial charge in [-0.25, -0.2) is 9.59 Å². The van der Waals surface area contributed by atoms with Crippen LogP contribution in [0.15, 0.2) is 70.3 Å². The van der Waals surface area contributed by atoms with Crippen LogP contribution in [0.3, 0.4) is 0 Å². The molecule has 202 valence electrons. The molecule has 37 heavy (non-hydrogen) atoms. The molecule has 7 heteroatoms. The Labute approximate surface area is 220 Å². The van der Waals surface area contributed by atoms with Gasteiger partial charge in [-0.3, -0.25) is 0 Å². The Bertz CT molecular complexity index is 1090. The van der Waals surface area contributed by atoms with E-state index in [1.165, 1.54) is 37.2 Å². The molecule has 0 aromatic heterocycles. The SMILES string of the molecule is COC1=C(OC(=O)/C=C(C)/C=C/C=C(C)/C=C/C2=C(C)CCCC2(C)C)[C@@H]([C@@H]2COC(C)(C)O2)OC1=O. The Morgan fingerprint density at radius 2 is 1.84 bits per heavy atom. The number of cyclic esters (lactones) is 1. The molecule has 0 amide bonds. The highest BCUT2D eigenvalue weighted by Gasteiger charge is 2.48. The van der Waals surface area contributed by atoms with Crippen LogP contribution >= 0.6 is 0 Å². The van der Waals surface area contributed by atoms with Gasteiger partial charge in [0.15, 0.2) is 11.9 Å². The van der Waals surface area contributed by atoms with Crippen molar-refractivity contribution in [3.63, 3.8) is 0 Å². The van der Waals surface area contributed by atoms with Gasteiger partial charge in [0.2, 0.25) is 11.5 Å². The fourth-order valence-corrected chi connectivity index (χ4v) is 4.85. The van der Waals surface area contributed by atoms with E-state index in [2.05, 4.69) is 32.9 Å². The van der Waals surface area contributed by atoms with Gasteiger partial charge in [0.1, 0.15) is 6.10 Å². The Hall–Kier alpha value is -2.90. The molecule has 0 bridgehead atoms. The molecule has 3 rings (SSSR count). The molecule has 2 heterocycles. The quantitative estimate of drug-likeness (QED) is 0.224. The van der Waals surface area contributed by atoms with Crippen LogP contribution in [0.1, 0.15) is 67.7 Å². The van der Waals surface area contributed by atoms with Crippen molar-refractivity contribution in [2.45, 2.75) is 85.7 Å². The Balaban J connectivity index is 1.65. The zero-order valence-electron chi connectivity index (χ0n) is 23.3. The van der Waals surface area contributed by atoms with Gasteiger partial charge in [0, 0.05) is 6.08 Å². The minimum Gasteiger partial charge on any atom is -0.487 e. The lowest BCUT2D eigenvalue weighted by atomic mass is 9.72. The number of methoxy groups -OCH3 is 1. The maximum absolute atomic E-state index is 12.6. The molecular weight excluding hydrogens is 472 g/mol. The van der Waals surface area contributed by atoms with Gasteiger partial charge >= 0.3 is 11.9 Å². The van der Waals surface area contributed by atoms with Crippen molar-refractivity contribution in [2.75, 3.05) is 13.7 Å². The molecule has 2 aliphatic heterocycles. The third kappa shape index (κ3) is 7.33. The van der Waals surface area contributed by atoms with Gasteiger partial charge in [0.25, 0.3) is 0 Å². The van der Waals surface area contributed by atoms with Gasteiger partial charge in [-0.05, 0) is 70.4 Å². The van der Waals surface area contributed by atoms with Crippen molar-refractivity contribution in [1.29, 1.82) is 0 Å². The highest BCUT2D eigenvalue weighted by Crippen LogP contribution is 2.41. The summed E-state index contributed by atoms with van der Waals surface area (Å²) in [6, 6.07) is 0. The second kappa shape index (κ2) is 11.7. The van der Waals surface area contributed by atoms with Crippen molar-refractivity contribution in [3.8, 4) is 0 Å². The van der Waals surface area contributed by atoms with Crippen molar-refractivity contribution < 1.29 is 33.3 Å². The topological polar surface area (TPSA) is 80.3 Å². The summed E-state index contributed by atoms with van der Waals surface area (Å²) in [6.45, 7) is 14.4. The number of hydrogen-bond acceptors (Lipinski definition) is 7. The predicted molar refractivity (Wildman–Crippen MR) is 141 cm³/mol. The minimum atomic E-state index is -0.928. The first-order valence-corrected chi connectivity index (χ1v) is 12.8. The molecule has 0 aromatic carbocycles. The molecule has 0 spiro atoms. The monoisotopic (exact) mass is 512 g/mol. The summed E-state index contributed by atoms with van der Waals surface area (Å²) >= 11 is 0. The molecular formula is C30H40O7. The largest absolute Gasteiger partial charge is 0.487 e. The van der Waals surface area contributed by atoms with E-state index >= 15 is 0 Å². The molecule has 0 saturated carbocycles. The molecule has 2 atom stereocenters. The average molecular weight is 513 g/mol. The highest BCUT2D eigenvalue weighted by atomic mass is 16.8. The standard InChI is InChI=1S/C30H40O7/c1-19(14-15-22-21(3)13-10-16-29(22,4)5)11-9-12-20(2)17-24(31)35-26-25(36-28(32)27(26)33-8)23-18-34-30(6,7)37-23/h9,11-12,14-15,17,23,25H,10,13,16,18H2,1-8H3/b12-9+,15-14+,19-11+,20-17+/t23-,25+/m0/s1. The summed E-state index contributed by atoms with van der Waals surface area (Å²) in [4.78, 5) is 24.9. The maximum Gasteiger partial charge on any atom is 0.378 e. The van der Waals surface area contributed by atoms with Crippen LogP contribution in [0.4, 0.5) is 0 Å². The van der Waals surface area contributed by atoms with E-state index in [4.69, 9.17) is 23.7 Å². The van der Waals surface area contributed by atoms with E-state index in [1.54, 1.807) is 20.8 Å². The third-order valence-corrected chi connectivity index (χ3v) is 6.80. The van der Waals surface area contributed by atoms with E-state index in [-0.39, 0.29) is 23.5 Å². The molecule has 1 fully saturated rings. The van der Waals surface area contributed by atoms with Crippen LogP contribution < -0.4 is 0 Å². The van der Waals surface area contributed by atoms with Gasteiger partial charge in [-0.1, -0.05) is 55.4 Å². The van der Waals surface area contributed by atoms with E-state index in [1.807, 2.05) is 25.2 Å². The van der Waals surface area contributed by atoms with Gasteiger partial charge in [0.05, 0.1) is 13.7 Å². The number of carbonyl (C=O) groups is 2. The molecule has 0 aromatic rings. The number of esters is 2. The van der Waals surface area contributed by atoms with Crippen LogP contribution in [0.5, 0.6) is 0 Å². The smallest absolute Gasteiger partial charge is 0.378 e. The lowest BCUT2D eigenvalue weighted by Crippen LogP contribution is -2.33. The second-order valence-corrected chi connectivity index (χ2v) is 10.9. The average Bonchev–Trinajstić information content (AvgIpc) is 3.30. The van der Waals surface area contributed by atoms with Gasteiger partial charge in [-0.15, -0.1) is 0 Å². The number of ether oxygens (including phenoxy) is 5. The zero-order chi connectivity index (χ0) is 27.4. The summed E-state index contributed by atoms with van der Waals surface area (Å²) in [5.74, 6) is -2.33. The molecule has 0 N–H and O–H groups in total. The van der Waals surface area contributed by atoms with Crippen LogP contribution in [0.2, 0.25) is 0 Å². The van der Waals surface area contributed by atoms with Crippen molar-refractivity contribution in [2.24, 2.45) is 5.41 Å². The second-order valence-electron chi connectivity index (χ2n) is 10.9. The Kier molecular flexibility index (Phi) is 9.03. The normalized spacial score (nSPS) is 26.4. The van der Waals surface area contributed by atoms with E-state index in [0.717, 1.165) is 12.0 Å². The van der Waals surface area contributed by atoms with Crippen molar-refractivity contribution >= 4 is 11.9 Å². The highest BCUT2D eigenvalue weighted by molar-refractivity contribution is 5.91. The van der Waals surface area contributed by atoms with Gasteiger partial charge in [-0.2, -0.15) is 0 Å². The molecule has 1 saturated heterocycles. The minimum absolute atomic E-state index is 0.00654. The Morgan fingerprint density at radius 3 is 2.46 bits per heavy atom. The first-order valence-electron chi connectivity index (χ1n) is 12.8. The lowest BCUT2D eigenvalue weighted by Gasteiger charge is -2.32. The number of rotatable bonds is 8.